The van der Waals surface area contributed by atoms with E-state index in [2.05, 4.69) is 26.0 Å². The quantitative estimate of drug-likeness (QED) is 0.180. The summed E-state index contributed by atoms with van der Waals surface area (Å²) in [5, 5.41) is 31.5. The van der Waals surface area contributed by atoms with E-state index in [-0.39, 0.29) is 6.79 Å². The molecule has 0 saturated heterocycles. The van der Waals surface area contributed by atoms with Crippen LogP contribution < -0.4 is 0 Å². The third-order valence-electron chi connectivity index (χ3n) is 9.23. The van der Waals surface area contributed by atoms with Crippen molar-refractivity contribution in [2.45, 2.75) is 116 Å². The summed E-state index contributed by atoms with van der Waals surface area (Å²) in [6.45, 7) is 9.57. The van der Waals surface area contributed by atoms with E-state index in [4.69, 9.17) is 9.47 Å². The molecular weight excluding hydrogens is 452 g/mol. The molecule has 0 aromatic rings. The lowest BCUT2D eigenvalue weighted by atomic mass is 9.60. The minimum Gasteiger partial charge on any atom is -0.390 e. The van der Waals surface area contributed by atoms with Crippen molar-refractivity contribution in [3.63, 3.8) is 0 Å². The fourth-order valence-corrected chi connectivity index (χ4v) is 7.39. The highest BCUT2D eigenvalue weighted by molar-refractivity contribution is 5.30. The zero-order chi connectivity index (χ0) is 26.3. The molecule has 3 aliphatic rings. The molecule has 3 fully saturated rings. The number of aliphatic hydroxyl groups excluding tert-OH is 2. The Balaban J connectivity index is 1.61. The first-order valence-corrected chi connectivity index (χ1v) is 14.3. The van der Waals surface area contributed by atoms with Crippen LogP contribution in [0.1, 0.15) is 98.3 Å². The number of aliphatic hydroxyl groups is 3. The third kappa shape index (κ3) is 7.77. The zero-order valence-electron chi connectivity index (χ0n) is 23.5. The van der Waals surface area contributed by atoms with E-state index in [0.717, 1.165) is 29.9 Å². The van der Waals surface area contributed by atoms with Crippen molar-refractivity contribution >= 4 is 0 Å². The van der Waals surface area contributed by atoms with Gasteiger partial charge in [0, 0.05) is 7.11 Å². The standard InChI is InChI=1S/C31H52O5/c1-22(9-6-16-30(2,3)34)26-14-15-27-24(10-7-17-31(26,27)4)13-12-23-19-28(32)25(29(33)20-23)11-8-18-36-21-35-5/h11-13,22,26-29,32-34H,6-10,14-21H2,1-5H3/b23-12?,24-13+,25-11?/t22-,26-,27+,28-,29-,31-/m1/s1. The van der Waals surface area contributed by atoms with Gasteiger partial charge < -0.3 is 24.8 Å². The lowest BCUT2D eigenvalue weighted by molar-refractivity contribution is -0.0287. The molecule has 6 atom stereocenters. The van der Waals surface area contributed by atoms with Crippen LogP contribution in [0.4, 0.5) is 0 Å². The molecule has 3 rings (SSSR count). The Morgan fingerprint density at radius 1 is 1.14 bits per heavy atom. The monoisotopic (exact) mass is 504 g/mol. The second kappa shape index (κ2) is 13.2. The molecule has 3 aliphatic carbocycles. The van der Waals surface area contributed by atoms with Gasteiger partial charge in [-0.2, -0.15) is 0 Å². The van der Waals surface area contributed by atoms with Crippen LogP contribution >= 0.6 is 0 Å². The Kier molecular flexibility index (Phi) is 10.8. The van der Waals surface area contributed by atoms with E-state index < -0.39 is 17.8 Å². The Labute approximate surface area is 219 Å². The fourth-order valence-electron chi connectivity index (χ4n) is 7.39. The average Bonchev–Trinajstić information content (AvgIpc) is 3.15. The van der Waals surface area contributed by atoms with Gasteiger partial charge >= 0.3 is 0 Å². The number of ether oxygens (including phenoxy) is 2. The highest BCUT2D eigenvalue weighted by Gasteiger charge is 2.50. The van der Waals surface area contributed by atoms with Gasteiger partial charge in [-0.25, -0.2) is 0 Å². The normalized spacial score (nSPS) is 33.1. The molecule has 3 saturated carbocycles. The van der Waals surface area contributed by atoms with Crippen LogP contribution in [0.5, 0.6) is 0 Å². The molecule has 0 bridgehead atoms. The maximum absolute atomic E-state index is 10.7. The van der Waals surface area contributed by atoms with Crippen LogP contribution in [0.2, 0.25) is 0 Å². The van der Waals surface area contributed by atoms with Crippen LogP contribution in [-0.4, -0.2) is 53.6 Å². The molecule has 0 aromatic heterocycles. The summed E-state index contributed by atoms with van der Waals surface area (Å²) >= 11 is 0. The Hall–Kier alpha value is -0.980. The summed E-state index contributed by atoms with van der Waals surface area (Å²) in [4.78, 5) is 0. The third-order valence-corrected chi connectivity index (χ3v) is 9.23. The molecule has 0 aromatic carbocycles. The molecule has 206 valence electrons. The molecule has 36 heavy (non-hydrogen) atoms. The van der Waals surface area contributed by atoms with E-state index in [1.165, 1.54) is 38.5 Å². The van der Waals surface area contributed by atoms with Gasteiger partial charge in [-0.1, -0.05) is 56.1 Å². The van der Waals surface area contributed by atoms with Gasteiger partial charge in [0.15, 0.2) is 0 Å². The largest absolute Gasteiger partial charge is 0.390 e. The summed E-state index contributed by atoms with van der Waals surface area (Å²) in [5.74, 6) is 2.08. The molecular formula is C31H52O5. The van der Waals surface area contributed by atoms with Gasteiger partial charge in [-0.05, 0) is 100 Å². The first-order chi connectivity index (χ1) is 17.0. The highest BCUT2D eigenvalue weighted by atomic mass is 16.7. The first kappa shape index (κ1) is 29.6. The summed E-state index contributed by atoms with van der Waals surface area (Å²) in [6.07, 6.45) is 16.5. The fraction of sp³-hybridized carbons (Fsp3) is 0.806. The Morgan fingerprint density at radius 3 is 2.53 bits per heavy atom. The topological polar surface area (TPSA) is 79.2 Å². The molecule has 0 amide bonds. The van der Waals surface area contributed by atoms with Gasteiger partial charge in [-0.15, -0.1) is 0 Å². The number of methoxy groups -OCH3 is 1. The van der Waals surface area contributed by atoms with Gasteiger partial charge in [0.2, 0.25) is 0 Å². The summed E-state index contributed by atoms with van der Waals surface area (Å²) in [5.41, 5.74) is 3.23. The number of allylic oxidation sites excluding steroid dienone is 3. The second-order valence-electron chi connectivity index (χ2n) is 12.6. The molecule has 0 heterocycles. The van der Waals surface area contributed by atoms with E-state index in [1.54, 1.807) is 12.7 Å². The lowest BCUT2D eigenvalue weighted by Gasteiger charge is -2.44. The number of hydrogen-bond donors (Lipinski definition) is 3. The number of hydrogen-bond acceptors (Lipinski definition) is 5. The summed E-state index contributed by atoms with van der Waals surface area (Å²) < 4.78 is 10.2. The predicted molar refractivity (Wildman–Crippen MR) is 145 cm³/mol. The van der Waals surface area contributed by atoms with Gasteiger partial charge in [0.05, 0.1) is 24.4 Å². The van der Waals surface area contributed by atoms with Crippen molar-refractivity contribution < 1.29 is 24.8 Å². The number of rotatable bonds is 11. The van der Waals surface area contributed by atoms with E-state index in [1.807, 2.05) is 19.9 Å². The van der Waals surface area contributed by atoms with Crippen LogP contribution in [-0.2, 0) is 9.47 Å². The van der Waals surface area contributed by atoms with Crippen molar-refractivity contribution in [3.8, 4) is 0 Å². The molecule has 0 aliphatic heterocycles. The van der Waals surface area contributed by atoms with Gasteiger partial charge in [0.1, 0.15) is 6.79 Å². The van der Waals surface area contributed by atoms with Crippen LogP contribution in [0, 0.1) is 23.2 Å². The van der Waals surface area contributed by atoms with Gasteiger partial charge in [-0.3, -0.25) is 0 Å². The minimum absolute atomic E-state index is 0.261. The van der Waals surface area contributed by atoms with Crippen molar-refractivity contribution in [1.82, 2.24) is 0 Å². The maximum Gasteiger partial charge on any atom is 0.146 e. The molecule has 5 nitrogen and oxygen atoms in total. The van der Waals surface area contributed by atoms with Crippen molar-refractivity contribution in [3.05, 3.63) is 34.9 Å². The zero-order valence-corrected chi connectivity index (χ0v) is 23.5. The maximum atomic E-state index is 10.7. The first-order valence-electron chi connectivity index (χ1n) is 14.3. The Bertz CT molecular complexity index is 775. The SMILES string of the molecule is COCOCCC=C1[C@H](O)CC(=C/C=C2\CCC[C@]3(C)[C@@H]([C@H](C)CCCC(C)(C)O)CC[C@@H]23)C[C@H]1O. The van der Waals surface area contributed by atoms with Crippen LogP contribution in [0.3, 0.4) is 0 Å². The van der Waals surface area contributed by atoms with Crippen molar-refractivity contribution in [2.75, 3.05) is 20.5 Å². The average molecular weight is 505 g/mol. The lowest BCUT2D eigenvalue weighted by Crippen LogP contribution is -2.36. The molecule has 0 radical (unpaired) electrons. The van der Waals surface area contributed by atoms with Gasteiger partial charge in [0.25, 0.3) is 0 Å². The molecule has 3 N–H and O–H groups in total. The van der Waals surface area contributed by atoms with Crippen LogP contribution in [0.25, 0.3) is 0 Å². The van der Waals surface area contributed by atoms with Crippen LogP contribution in [0.15, 0.2) is 34.9 Å². The Morgan fingerprint density at radius 2 is 1.86 bits per heavy atom. The highest BCUT2D eigenvalue weighted by Crippen LogP contribution is 2.60. The van der Waals surface area contributed by atoms with E-state index in [0.29, 0.717) is 43.1 Å². The smallest absolute Gasteiger partial charge is 0.146 e. The minimum atomic E-state index is -0.627. The van der Waals surface area contributed by atoms with Crippen molar-refractivity contribution in [1.29, 1.82) is 0 Å². The predicted octanol–water partition coefficient (Wildman–Crippen LogP) is 6.09. The summed E-state index contributed by atoms with van der Waals surface area (Å²) in [7, 11) is 1.59. The molecule has 5 heteroatoms. The molecule has 0 unspecified atom stereocenters. The molecule has 0 spiro atoms. The number of fused-ring (bicyclic) bond motifs is 1. The summed E-state index contributed by atoms with van der Waals surface area (Å²) in [6, 6.07) is 0. The van der Waals surface area contributed by atoms with E-state index >= 15 is 0 Å². The second-order valence-corrected chi connectivity index (χ2v) is 12.6. The van der Waals surface area contributed by atoms with E-state index in [9.17, 15) is 15.3 Å². The van der Waals surface area contributed by atoms with Crippen molar-refractivity contribution in [2.24, 2.45) is 23.2 Å².